The molecule has 0 aromatic heterocycles. The first-order valence-corrected chi connectivity index (χ1v) is 9.15. The Morgan fingerprint density at radius 2 is 2.04 bits per heavy atom. The van der Waals surface area contributed by atoms with Gasteiger partial charge in [0.05, 0.1) is 16.1 Å². The van der Waals surface area contributed by atoms with E-state index < -0.39 is 16.0 Å². The molecule has 2 aromatic rings. The molecule has 0 spiro atoms. The first-order chi connectivity index (χ1) is 11.9. The molecule has 6 nitrogen and oxygen atoms in total. The normalized spacial score (nSPS) is 16.2. The van der Waals surface area contributed by atoms with Crippen molar-refractivity contribution in [3.05, 3.63) is 59.7 Å². The third-order valence-corrected chi connectivity index (χ3v) is 5.96. The molecule has 0 saturated heterocycles. The second-order valence-corrected chi connectivity index (χ2v) is 7.56. The molecule has 1 atom stereocenters. The Kier molecular flexibility index (Phi) is 4.47. The number of sulfonamides is 1. The molecule has 1 aliphatic rings. The van der Waals surface area contributed by atoms with E-state index in [1.807, 2.05) is 19.1 Å². The number of rotatable bonds is 4. The van der Waals surface area contributed by atoms with Crippen LogP contribution in [0.4, 0.5) is 5.69 Å². The minimum Gasteiger partial charge on any atom is -0.447 e. The molecule has 0 bridgehead atoms. The maximum atomic E-state index is 13.1. The lowest BCUT2D eigenvalue weighted by Crippen LogP contribution is -2.35. The van der Waals surface area contributed by atoms with Crippen molar-refractivity contribution in [1.29, 1.82) is 5.26 Å². The summed E-state index contributed by atoms with van der Waals surface area (Å²) in [5.74, 6) is -0.728. The third-order valence-electron chi connectivity index (χ3n) is 4.04. The van der Waals surface area contributed by atoms with E-state index >= 15 is 0 Å². The van der Waals surface area contributed by atoms with Crippen molar-refractivity contribution in [1.82, 2.24) is 0 Å². The predicted molar refractivity (Wildman–Crippen MR) is 91.6 cm³/mol. The molecule has 128 valence electrons. The summed E-state index contributed by atoms with van der Waals surface area (Å²) in [5.41, 5.74) is 1.73. The summed E-state index contributed by atoms with van der Waals surface area (Å²) in [6.45, 7) is 1.47. The summed E-state index contributed by atoms with van der Waals surface area (Å²) in [6, 6.07) is 14.5. The van der Waals surface area contributed by atoms with E-state index in [0.29, 0.717) is 12.1 Å². The van der Waals surface area contributed by atoms with Gasteiger partial charge in [-0.3, -0.25) is 4.31 Å². The van der Waals surface area contributed by atoms with Crippen molar-refractivity contribution in [3.63, 3.8) is 0 Å². The van der Waals surface area contributed by atoms with E-state index in [-0.39, 0.29) is 23.1 Å². The molecule has 0 radical (unpaired) electrons. The van der Waals surface area contributed by atoms with Gasteiger partial charge < -0.3 is 4.74 Å². The van der Waals surface area contributed by atoms with E-state index in [0.717, 1.165) is 5.56 Å². The lowest BCUT2D eigenvalue weighted by atomic mass is 10.1. The van der Waals surface area contributed by atoms with Gasteiger partial charge in [0.15, 0.2) is 6.61 Å². The van der Waals surface area contributed by atoms with E-state index in [1.165, 1.54) is 28.6 Å². The highest BCUT2D eigenvalue weighted by Gasteiger charge is 2.36. The Morgan fingerprint density at radius 1 is 1.28 bits per heavy atom. The molecule has 7 heteroatoms. The van der Waals surface area contributed by atoms with E-state index in [2.05, 4.69) is 0 Å². The number of para-hydroxylation sites is 1. The van der Waals surface area contributed by atoms with Gasteiger partial charge in [-0.1, -0.05) is 24.3 Å². The van der Waals surface area contributed by atoms with E-state index in [4.69, 9.17) is 10.00 Å². The van der Waals surface area contributed by atoms with Crippen LogP contribution in [0.5, 0.6) is 0 Å². The summed E-state index contributed by atoms with van der Waals surface area (Å²) in [4.78, 5) is 11.9. The fourth-order valence-electron chi connectivity index (χ4n) is 2.98. The van der Waals surface area contributed by atoms with Crippen LogP contribution in [-0.2, 0) is 21.2 Å². The van der Waals surface area contributed by atoms with Gasteiger partial charge in [0.25, 0.3) is 10.0 Å². The number of hydrogen-bond acceptors (Lipinski definition) is 5. The van der Waals surface area contributed by atoms with Crippen LogP contribution < -0.4 is 4.31 Å². The molecule has 0 unspecified atom stereocenters. The Morgan fingerprint density at radius 3 is 2.80 bits per heavy atom. The molecule has 0 saturated carbocycles. The quantitative estimate of drug-likeness (QED) is 0.786. The Hall–Kier alpha value is -2.85. The van der Waals surface area contributed by atoms with Crippen molar-refractivity contribution >= 4 is 21.7 Å². The van der Waals surface area contributed by atoms with Crippen LogP contribution in [0.1, 0.15) is 22.8 Å². The standard InChI is InChI=1S/C18H16N2O4S/c1-13-11-14-5-2-3-8-17(14)20(13)25(22,23)16-7-4-6-15(12-16)18(21)24-10-9-19/h2-8,12-13H,10-11H2,1H3/t13-/m1/s1. The van der Waals surface area contributed by atoms with E-state index in [1.54, 1.807) is 18.2 Å². The van der Waals surface area contributed by atoms with Crippen LogP contribution in [0.25, 0.3) is 0 Å². The van der Waals surface area contributed by atoms with Gasteiger partial charge in [0, 0.05) is 6.04 Å². The number of benzene rings is 2. The van der Waals surface area contributed by atoms with Crippen LogP contribution in [0.3, 0.4) is 0 Å². The third kappa shape index (κ3) is 3.08. The number of esters is 1. The Balaban J connectivity index is 1.99. The summed E-state index contributed by atoms with van der Waals surface area (Å²) < 4.78 is 32.4. The highest BCUT2D eigenvalue weighted by Crippen LogP contribution is 2.36. The monoisotopic (exact) mass is 356 g/mol. The van der Waals surface area contributed by atoms with Crippen molar-refractivity contribution < 1.29 is 17.9 Å². The summed E-state index contributed by atoms with van der Waals surface area (Å²) in [6.07, 6.45) is 0.638. The molecule has 0 N–H and O–H groups in total. The highest BCUT2D eigenvalue weighted by molar-refractivity contribution is 7.92. The summed E-state index contributed by atoms with van der Waals surface area (Å²) in [5, 5.41) is 8.48. The van der Waals surface area contributed by atoms with Crippen LogP contribution in [0.15, 0.2) is 53.4 Å². The molecule has 0 fully saturated rings. The molecule has 0 amide bonds. The highest BCUT2D eigenvalue weighted by atomic mass is 32.2. The lowest BCUT2D eigenvalue weighted by Gasteiger charge is -2.24. The number of nitrogens with zero attached hydrogens (tertiary/aromatic N) is 2. The number of nitriles is 1. The topological polar surface area (TPSA) is 87.5 Å². The number of fused-ring (bicyclic) bond motifs is 1. The van der Waals surface area contributed by atoms with Crippen molar-refractivity contribution in [2.24, 2.45) is 0 Å². The number of anilines is 1. The van der Waals surface area contributed by atoms with Crippen molar-refractivity contribution in [3.8, 4) is 6.07 Å². The van der Waals surface area contributed by atoms with Gasteiger partial charge in [-0.15, -0.1) is 0 Å². The van der Waals surface area contributed by atoms with Crippen molar-refractivity contribution in [2.75, 3.05) is 10.9 Å². The zero-order valence-electron chi connectivity index (χ0n) is 13.5. The van der Waals surface area contributed by atoms with Crippen LogP contribution >= 0.6 is 0 Å². The molecule has 3 rings (SSSR count). The number of carbonyl (C=O) groups is 1. The van der Waals surface area contributed by atoms with Crippen LogP contribution in [0, 0.1) is 11.3 Å². The largest absolute Gasteiger partial charge is 0.447 e. The predicted octanol–water partition coefficient (Wildman–Crippen LogP) is 2.51. The first kappa shape index (κ1) is 17.0. The maximum Gasteiger partial charge on any atom is 0.339 e. The molecule has 0 aliphatic carbocycles. The smallest absolute Gasteiger partial charge is 0.339 e. The average molecular weight is 356 g/mol. The van der Waals surface area contributed by atoms with Gasteiger partial charge in [-0.2, -0.15) is 5.26 Å². The molecule has 1 aliphatic heterocycles. The molecule has 2 aromatic carbocycles. The van der Waals surface area contributed by atoms with Gasteiger partial charge >= 0.3 is 5.97 Å². The molecular formula is C18H16N2O4S. The summed E-state index contributed by atoms with van der Waals surface area (Å²) in [7, 11) is -3.82. The van der Waals surface area contributed by atoms with Gasteiger partial charge in [0.1, 0.15) is 6.07 Å². The van der Waals surface area contributed by atoms with Crippen LogP contribution in [0.2, 0.25) is 0 Å². The molecule has 1 heterocycles. The van der Waals surface area contributed by atoms with Crippen molar-refractivity contribution in [2.45, 2.75) is 24.3 Å². The number of hydrogen-bond donors (Lipinski definition) is 0. The fraction of sp³-hybridized carbons (Fsp3) is 0.222. The maximum absolute atomic E-state index is 13.1. The minimum absolute atomic E-state index is 0.0162. The second-order valence-electron chi connectivity index (χ2n) is 5.74. The SMILES string of the molecule is C[C@@H]1Cc2ccccc2N1S(=O)(=O)c1cccc(C(=O)OCC#N)c1. The lowest BCUT2D eigenvalue weighted by molar-refractivity contribution is 0.0554. The molecular weight excluding hydrogens is 340 g/mol. The number of ether oxygens (including phenoxy) is 1. The zero-order valence-corrected chi connectivity index (χ0v) is 14.4. The van der Waals surface area contributed by atoms with Gasteiger partial charge in [-0.05, 0) is 43.2 Å². The Bertz CT molecular complexity index is 963. The van der Waals surface area contributed by atoms with Gasteiger partial charge in [-0.25, -0.2) is 13.2 Å². The average Bonchev–Trinajstić information content (AvgIpc) is 2.96. The second kappa shape index (κ2) is 6.57. The number of carbonyl (C=O) groups excluding carboxylic acids is 1. The van der Waals surface area contributed by atoms with E-state index in [9.17, 15) is 13.2 Å². The van der Waals surface area contributed by atoms with Gasteiger partial charge in [0.2, 0.25) is 0 Å². The zero-order chi connectivity index (χ0) is 18.0. The first-order valence-electron chi connectivity index (χ1n) is 7.71. The van der Waals surface area contributed by atoms with Crippen LogP contribution in [-0.4, -0.2) is 27.0 Å². The summed E-state index contributed by atoms with van der Waals surface area (Å²) >= 11 is 0. The molecule has 25 heavy (non-hydrogen) atoms. The Labute approximate surface area is 146 Å². The fourth-order valence-corrected chi connectivity index (χ4v) is 4.72. The minimum atomic E-state index is -3.82.